The molecule has 2 aromatic rings. The van der Waals surface area contributed by atoms with E-state index in [1.54, 1.807) is 0 Å². The molecule has 1 aromatic carbocycles. The Kier molecular flexibility index (Phi) is 3.79. The highest BCUT2D eigenvalue weighted by molar-refractivity contribution is 5.75. The van der Waals surface area contributed by atoms with Crippen LogP contribution in [-0.4, -0.2) is 22.6 Å². The second-order valence-corrected chi connectivity index (χ2v) is 4.67. The van der Waals surface area contributed by atoms with Crippen LogP contribution >= 0.6 is 0 Å². The molecular formula is C14H21N3. The van der Waals surface area contributed by atoms with E-state index in [1.807, 2.05) is 12.4 Å². The van der Waals surface area contributed by atoms with Crippen molar-refractivity contribution in [3.8, 4) is 0 Å². The topological polar surface area (TPSA) is 29.9 Å². The van der Waals surface area contributed by atoms with Gasteiger partial charge in [0.25, 0.3) is 0 Å². The molecule has 0 bridgehead atoms. The molecule has 17 heavy (non-hydrogen) atoms. The van der Waals surface area contributed by atoms with Crippen LogP contribution in [0.3, 0.4) is 0 Å². The molecule has 92 valence electrons. The maximum absolute atomic E-state index is 4.44. The molecule has 1 N–H and O–H groups in total. The number of para-hydroxylation sites is 2. The standard InChI is InChI=1S/C14H21N3/c1-4-15-9-11(2)12(3)17-10-16-13-7-5-6-8-14(13)17/h5-8,10-12,15H,4,9H2,1-3H3. The number of benzene rings is 1. The number of fused-ring (bicyclic) bond motifs is 1. The molecule has 1 heterocycles. The van der Waals surface area contributed by atoms with Crippen molar-refractivity contribution >= 4 is 11.0 Å². The van der Waals surface area contributed by atoms with E-state index in [0.29, 0.717) is 12.0 Å². The lowest BCUT2D eigenvalue weighted by Gasteiger charge is -2.22. The summed E-state index contributed by atoms with van der Waals surface area (Å²) in [5.41, 5.74) is 2.30. The van der Waals surface area contributed by atoms with Crippen molar-refractivity contribution in [2.24, 2.45) is 5.92 Å². The molecule has 2 unspecified atom stereocenters. The first-order valence-corrected chi connectivity index (χ1v) is 6.36. The van der Waals surface area contributed by atoms with Crippen molar-refractivity contribution < 1.29 is 0 Å². The van der Waals surface area contributed by atoms with Crippen LogP contribution in [0, 0.1) is 5.92 Å². The average molecular weight is 231 g/mol. The van der Waals surface area contributed by atoms with Gasteiger partial charge in [-0.25, -0.2) is 4.98 Å². The summed E-state index contributed by atoms with van der Waals surface area (Å²) in [5.74, 6) is 0.590. The summed E-state index contributed by atoms with van der Waals surface area (Å²) in [6.07, 6.45) is 1.96. The molecule has 3 nitrogen and oxygen atoms in total. The first-order valence-electron chi connectivity index (χ1n) is 6.36. The summed E-state index contributed by atoms with van der Waals surface area (Å²) >= 11 is 0. The van der Waals surface area contributed by atoms with Gasteiger partial charge in [-0.3, -0.25) is 0 Å². The Morgan fingerprint density at radius 3 is 2.82 bits per heavy atom. The van der Waals surface area contributed by atoms with E-state index < -0.39 is 0 Å². The summed E-state index contributed by atoms with van der Waals surface area (Å²) in [6.45, 7) is 8.76. The fourth-order valence-corrected chi connectivity index (χ4v) is 2.12. The molecule has 0 radical (unpaired) electrons. The molecule has 2 atom stereocenters. The molecule has 0 aliphatic heterocycles. The zero-order valence-electron chi connectivity index (χ0n) is 10.9. The van der Waals surface area contributed by atoms with Crippen LogP contribution in [-0.2, 0) is 0 Å². The first kappa shape index (κ1) is 12.1. The molecule has 0 aliphatic rings. The normalized spacial score (nSPS) is 15.0. The smallest absolute Gasteiger partial charge is 0.0960 e. The Balaban J connectivity index is 2.21. The van der Waals surface area contributed by atoms with Crippen LogP contribution in [0.1, 0.15) is 26.8 Å². The Hall–Kier alpha value is -1.35. The highest BCUT2D eigenvalue weighted by atomic mass is 15.1. The van der Waals surface area contributed by atoms with Gasteiger partial charge >= 0.3 is 0 Å². The fourth-order valence-electron chi connectivity index (χ4n) is 2.12. The first-order chi connectivity index (χ1) is 8.24. The van der Waals surface area contributed by atoms with Crippen LogP contribution in [0.15, 0.2) is 30.6 Å². The molecule has 2 rings (SSSR count). The third-order valence-corrected chi connectivity index (χ3v) is 3.46. The maximum Gasteiger partial charge on any atom is 0.0960 e. The van der Waals surface area contributed by atoms with Crippen molar-refractivity contribution in [3.63, 3.8) is 0 Å². The Morgan fingerprint density at radius 1 is 1.29 bits per heavy atom. The molecule has 0 saturated heterocycles. The third-order valence-electron chi connectivity index (χ3n) is 3.46. The number of nitrogens with one attached hydrogen (secondary N) is 1. The van der Waals surface area contributed by atoms with E-state index in [1.165, 1.54) is 5.52 Å². The molecule has 0 fully saturated rings. The maximum atomic E-state index is 4.44. The number of hydrogen-bond acceptors (Lipinski definition) is 2. The lowest BCUT2D eigenvalue weighted by Crippen LogP contribution is -2.26. The molecule has 0 saturated carbocycles. The second-order valence-electron chi connectivity index (χ2n) is 4.67. The lowest BCUT2D eigenvalue weighted by atomic mass is 10.0. The van der Waals surface area contributed by atoms with Crippen molar-refractivity contribution in [1.82, 2.24) is 14.9 Å². The van der Waals surface area contributed by atoms with Gasteiger partial charge in [-0.15, -0.1) is 0 Å². The van der Waals surface area contributed by atoms with Crippen molar-refractivity contribution in [2.75, 3.05) is 13.1 Å². The van der Waals surface area contributed by atoms with Gasteiger partial charge in [-0.2, -0.15) is 0 Å². The van der Waals surface area contributed by atoms with Crippen molar-refractivity contribution in [2.45, 2.75) is 26.8 Å². The summed E-state index contributed by atoms with van der Waals surface area (Å²) in [7, 11) is 0. The number of nitrogens with zero attached hydrogens (tertiary/aromatic N) is 2. The SMILES string of the molecule is CCNCC(C)C(C)n1cnc2ccccc21. The molecular weight excluding hydrogens is 210 g/mol. The van der Waals surface area contributed by atoms with E-state index in [0.717, 1.165) is 18.6 Å². The molecule has 3 heteroatoms. The van der Waals surface area contributed by atoms with Crippen molar-refractivity contribution in [3.05, 3.63) is 30.6 Å². The van der Waals surface area contributed by atoms with E-state index in [-0.39, 0.29) is 0 Å². The predicted molar refractivity (Wildman–Crippen MR) is 72.2 cm³/mol. The monoisotopic (exact) mass is 231 g/mol. The number of imidazole rings is 1. The Morgan fingerprint density at radius 2 is 2.06 bits per heavy atom. The van der Waals surface area contributed by atoms with Crippen LogP contribution in [0.25, 0.3) is 11.0 Å². The minimum atomic E-state index is 0.460. The average Bonchev–Trinajstić information content (AvgIpc) is 2.78. The molecule has 1 aromatic heterocycles. The Bertz CT molecular complexity index is 475. The highest BCUT2D eigenvalue weighted by Crippen LogP contribution is 2.22. The predicted octanol–water partition coefficient (Wildman–Crippen LogP) is 2.84. The minimum Gasteiger partial charge on any atom is -0.327 e. The van der Waals surface area contributed by atoms with E-state index >= 15 is 0 Å². The zero-order chi connectivity index (χ0) is 12.3. The van der Waals surface area contributed by atoms with Gasteiger partial charge in [0.15, 0.2) is 0 Å². The Labute approximate surface area is 103 Å². The largest absolute Gasteiger partial charge is 0.327 e. The van der Waals surface area contributed by atoms with Gasteiger partial charge in [0.1, 0.15) is 0 Å². The molecule has 0 spiro atoms. The second kappa shape index (κ2) is 5.32. The molecule has 0 aliphatic carbocycles. The summed E-state index contributed by atoms with van der Waals surface area (Å²) in [6, 6.07) is 8.77. The summed E-state index contributed by atoms with van der Waals surface area (Å²) < 4.78 is 2.28. The number of aromatic nitrogens is 2. The zero-order valence-corrected chi connectivity index (χ0v) is 10.9. The quantitative estimate of drug-likeness (QED) is 0.857. The van der Waals surface area contributed by atoms with Gasteiger partial charge < -0.3 is 9.88 Å². The van der Waals surface area contributed by atoms with Crippen LogP contribution in [0.2, 0.25) is 0 Å². The number of rotatable bonds is 5. The van der Waals surface area contributed by atoms with E-state index in [9.17, 15) is 0 Å². The molecule has 0 amide bonds. The van der Waals surface area contributed by atoms with Crippen molar-refractivity contribution in [1.29, 1.82) is 0 Å². The van der Waals surface area contributed by atoms with Crippen LogP contribution in [0.4, 0.5) is 0 Å². The van der Waals surface area contributed by atoms with Gasteiger partial charge in [0.2, 0.25) is 0 Å². The van der Waals surface area contributed by atoms with E-state index in [4.69, 9.17) is 0 Å². The summed E-state index contributed by atoms with van der Waals surface area (Å²) in [5, 5.41) is 3.41. The van der Waals surface area contributed by atoms with Gasteiger partial charge in [-0.1, -0.05) is 26.0 Å². The van der Waals surface area contributed by atoms with E-state index in [2.05, 4.69) is 53.8 Å². The third kappa shape index (κ3) is 2.50. The highest BCUT2D eigenvalue weighted by Gasteiger charge is 2.15. The minimum absolute atomic E-state index is 0.460. The summed E-state index contributed by atoms with van der Waals surface area (Å²) in [4.78, 5) is 4.44. The van der Waals surface area contributed by atoms with Gasteiger partial charge in [-0.05, 0) is 38.1 Å². The number of hydrogen-bond donors (Lipinski definition) is 1. The van der Waals surface area contributed by atoms with Gasteiger partial charge in [0, 0.05) is 6.04 Å². The lowest BCUT2D eigenvalue weighted by molar-refractivity contribution is 0.370. The van der Waals surface area contributed by atoms with Crippen LogP contribution < -0.4 is 5.32 Å². The van der Waals surface area contributed by atoms with Crippen LogP contribution in [0.5, 0.6) is 0 Å². The van der Waals surface area contributed by atoms with Gasteiger partial charge in [0.05, 0.1) is 17.4 Å². The fraction of sp³-hybridized carbons (Fsp3) is 0.500.